The Morgan fingerprint density at radius 1 is 1.45 bits per heavy atom. The predicted molar refractivity (Wildman–Crippen MR) is 82.6 cm³/mol. The van der Waals surface area contributed by atoms with Gasteiger partial charge in [0.1, 0.15) is 11.6 Å². The van der Waals surface area contributed by atoms with Crippen LogP contribution in [0.15, 0.2) is 18.2 Å². The van der Waals surface area contributed by atoms with E-state index in [2.05, 4.69) is 5.32 Å². The van der Waals surface area contributed by atoms with Crippen LogP contribution in [0.2, 0.25) is 0 Å². The van der Waals surface area contributed by atoms with E-state index in [1.807, 2.05) is 13.8 Å². The van der Waals surface area contributed by atoms with Gasteiger partial charge in [-0.2, -0.15) is 0 Å². The molecular formula is C16H23FN2O3. The first-order valence-corrected chi connectivity index (χ1v) is 7.62. The van der Waals surface area contributed by atoms with Crippen LogP contribution in [0.3, 0.4) is 0 Å². The summed E-state index contributed by atoms with van der Waals surface area (Å²) in [6, 6.07) is 4.10. The molecule has 5 nitrogen and oxygen atoms in total. The fourth-order valence-electron chi connectivity index (χ4n) is 2.46. The van der Waals surface area contributed by atoms with Gasteiger partial charge in [-0.3, -0.25) is 0 Å². The number of urea groups is 1. The molecular weight excluding hydrogens is 287 g/mol. The second-order valence-electron chi connectivity index (χ2n) is 5.85. The zero-order valence-corrected chi connectivity index (χ0v) is 13.0. The molecule has 0 radical (unpaired) electrons. The minimum Gasteiger partial charge on any atom is -0.491 e. The highest BCUT2D eigenvalue weighted by molar-refractivity contribution is 5.89. The zero-order valence-electron chi connectivity index (χ0n) is 13.0. The maximum absolute atomic E-state index is 14.0. The molecule has 0 aromatic heterocycles. The largest absolute Gasteiger partial charge is 0.491 e. The molecule has 1 heterocycles. The van der Waals surface area contributed by atoms with Crippen LogP contribution in [0.25, 0.3) is 0 Å². The third-order valence-electron chi connectivity index (χ3n) is 3.71. The van der Waals surface area contributed by atoms with Crippen LogP contribution < -0.4 is 10.1 Å². The van der Waals surface area contributed by atoms with Gasteiger partial charge in [-0.1, -0.05) is 0 Å². The number of rotatable bonds is 4. The van der Waals surface area contributed by atoms with Crippen LogP contribution in [-0.2, 0) is 0 Å². The first-order valence-electron chi connectivity index (χ1n) is 7.62. The van der Waals surface area contributed by atoms with E-state index >= 15 is 0 Å². The van der Waals surface area contributed by atoms with E-state index < -0.39 is 5.82 Å². The lowest BCUT2D eigenvalue weighted by Crippen LogP contribution is -2.41. The highest BCUT2D eigenvalue weighted by atomic mass is 19.1. The molecule has 2 rings (SSSR count). The summed E-state index contributed by atoms with van der Waals surface area (Å²) in [6.07, 6.45) is 1.51. The molecule has 6 heteroatoms. The van der Waals surface area contributed by atoms with Crippen LogP contribution in [0.4, 0.5) is 14.9 Å². The van der Waals surface area contributed by atoms with Crippen LogP contribution in [0, 0.1) is 11.7 Å². The van der Waals surface area contributed by atoms with Crippen molar-refractivity contribution in [1.29, 1.82) is 0 Å². The van der Waals surface area contributed by atoms with Gasteiger partial charge < -0.3 is 20.1 Å². The number of piperidine rings is 1. The summed E-state index contributed by atoms with van der Waals surface area (Å²) in [5.74, 6) is 0.180. The Bertz CT molecular complexity index is 514. The topological polar surface area (TPSA) is 61.8 Å². The number of carbonyl (C=O) groups is 1. The number of halogens is 1. The fraction of sp³-hybridized carbons (Fsp3) is 0.562. The lowest BCUT2D eigenvalue weighted by atomic mass is 9.98. The number of anilines is 1. The van der Waals surface area contributed by atoms with Gasteiger partial charge in [0, 0.05) is 25.8 Å². The Balaban J connectivity index is 1.94. The molecule has 0 bridgehead atoms. The Kier molecular flexibility index (Phi) is 5.60. The standard InChI is InChI=1S/C16H23FN2O3/c1-11(2)22-13-3-4-15(14(17)9-13)18-16(21)19-7-5-12(10-20)6-8-19/h3-4,9,11-12,20H,5-8,10H2,1-2H3,(H,18,21). The monoisotopic (exact) mass is 310 g/mol. The number of carbonyl (C=O) groups excluding carboxylic acids is 1. The molecule has 1 aliphatic heterocycles. The average molecular weight is 310 g/mol. The van der Waals surface area contributed by atoms with E-state index in [9.17, 15) is 9.18 Å². The van der Waals surface area contributed by atoms with Gasteiger partial charge in [-0.15, -0.1) is 0 Å². The molecule has 0 spiro atoms. The Morgan fingerprint density at radius 3 is 2.68 bits per heavy atom. The quantitative estimate of drug-likeness (QED) is 0.899. The summed E-state index contributed by atoms with van der Waals surface area (Å²) in [6.45, 7) is 5.04. The summed E-state index contributed by atoms with van der Waals surface area (Å²) in [5, 5.41) is 11.7. The average Bonchev–Trinajstić information content (AvgIpc) is 2.49. The third-order valence-corrected chi connectivity index (χ3v) is 3.71. The first-order chi connectivity index (χ1) is 10.5. The van der Waals surface area contributed by atoms with E-state index in [0.717, 1.165) is 12.8 Å². The van der Waals surface area contributed by atoms with E-state index in [4.69, 9.17) is 9.84 Å². The zero-order chi connectivity index (χ0) is 16.1. The van der Waals surface area contributed by atoms with Crippen molar-refractivity contribution < 1.29 is 19.0 Å². The first kappa shape index (κ1) is 16.5. The maximum Gasteiger partial charge on any atom is 0.321 e. The van der Waals surface area contributed by atoms with Crippen molar-refractivity contribution in [2.24, 2.45) is 5.92 Å². The number of aliphatic hydroxyl groups excluding tert-OH is 1. The van der Waals surface area contributed by atoms with Crippen molar-refractivity contribution in [2.75, 3.05) is 25.0 Å². The van der Waals surface area contributed by atoms with E-state index in [1.54, 1.807) is 11.0 Å². The number of likely N-dealkylation sites (tertiary alicyclic amines) is 1. The SMILES string of the molecule is CC(C)Oc1ccc(NC(=O)N2CCC(CO)CC2)c(F)c1. The summed E-state index contributed by atoms with van der Waals surface area (Å²) in [5.41, 5.74) is 0.144. The highest BCUT2D eigenvalue weighted by Crippen LogP contribution is 2.23. The Morgan fingerprint density at radius 2 is 2.14 bits per heavy atom. The predicted octanol–water partition coefficient (Wildman–Crippen LogP) is 2.85. The van der Waals surface area contributed by atoms with Crippen molar-refractivity contribution in [3.63, 3.8) is 0 Å². The lowest BCUT2D eigenvalue weighted by molar-refractivity contribution is 0.143. The summed E-state index contributed by atoms with van der Waals surface area (Å²) in [4.78, 5) is 13.8. The molecule has 0 atom stereocenters. The molecule has 0 unspecified atom stereocenters. The van der Waals surface area contributed by atoms with Crippen LogP contribution in [0.5, 0.6) is 5.75 Å². The van der Waals surface area contributed by atoms with Gasteiger partial charge in [0.05, 0.1) is 11.8 Å². The van der Waals surface area contributed by atoms with Gasteiger partial charge in [0.2, 0.25) is 0 Å². The van der Waals surface area contributed by atoms with Gasteiger partial charge in [-0.05, 0) is 44.7 Å². The molecule has 122 valence electrons. The normalized spacial score (nSPS) is 16.0. The molecule has 2 amide bonds. The van der Waals surface area contributed by atoms with E-state index in [1.165, 1.54) is 12.1 Å². The molecule has 1 aromatic carbocycles. The molecule has 0 aliphatic carbocycles. The van der Waals surface area contributed by atoms with Crippen LogP contribution in [0.1, 0.15) is 26.7 Å². The minimum atomic E-state index is -0.517. The third kappa shape index (κ3) is 4.34. The van der Waals surface area contributed by atoms with Crippen molar-refractivity contribution in [2.45, 2.75) is 32.8 Å². The fourth-order valence-corrected chi connectivity index (χ4v) is 2.46. The van der Waals surface area contributed by atoms with Gasteiger partial charge in [0.25, 0.3) is 0 Å². The number of nitrogens with zero attached hydrogens (tertiary/aromatic N) is 1. The van der Waals surface area contributed by atoms with Crippen LogP contribution in [-0.4, -0.2) is 41.8 Å². The second-order valence-corrected chi connectivity index (χ2v) is 5.85. The van der Waals surface area contributed by atoms with Crippen molar-refractivity contribution >= 4 is 11.7 Å². The highest BCUT2D eigenvalue weighted by Gasteiger charge is 2.22. The molecule has 1 aliphatic rings. The number of amides is 2. The number of hydrogen-bond donors (Lipinski definition) is 2. The maximum atomic E-state index is 14.0. The molecule has 1 fully saturated rings. The van der Waals surface area contributed by atoms with Gasteiger partial charge in [-0.25, -0.2) is 9.18 Å². The summed E-state index contributed by atoms with van der Waals surface area (Å²) in [7, 11) is 0. The minimum absolute atomic E-state index is 0.0346. The number of aliphatic hydroxyl groups is 1. The molecule has 0 saturated carbocycles. The number of nitrogens with one attached hydrogen (secondary N) is 1. The van der Waals surface area contributed by atoms with Gasteiger partial charge in [0.15, 0.2) is 0 Å². The van der Waals surface area contributed by atoms with E-state index in [0.29, 0.717) is 18.8 Å². The van der Waals surface area contributed by atoms with Crippen molar-refractivity contribution in [3.05, 3.63) is 24.0 Å². The number of benzene rings is 1. The van der Waals surface area contributed by atoms with Crippen LogP contribution >= 0.6 is 0 Å². The van der Waals surface area contributed by atoms with E-state index in [-0.39, 0.29) is 30.3 Å². The van der Waals surface area contributed by atoms with Crippen molar-refractivity contribution in [1.82, 2.24) is 4.90 Å². The lowest BCUT2D eigenvalue weighted by Gasteiger charge is -2.31. The summed E-state index contributed by atoms with van der Waals surface area (Å²) < 4.78 is 19.4. The Hall–Kier alpha value is -1.82. The summed E-state index contributed by atoms with van der Waals surface area (Å²) >= 11 is 0. The molecule has 1 aromatic rings. The molecule has 2 N–H and O–H groups in total. The molecule has 22 heavy (non-hydrogen) atoms. The van der Waals surface area contributed by atoms with Gasteiger partial charge >= 0.3 is 6.03 Å². The molecule has 1 saturated heterocycles. The number of ether oxygens (including phenoxy) is 1. The second kappa shape index (κ2) is 7.45. The smallest absolute Gasteiger partial charge is 0.321 e. The number of hydrogen-bond acceptors (Lipinski definition) is 3. The Labute approximate surface area is 130 Å². The van der Waals surface area contributed by atoms with Crippen molar-refractivity contribution in [3.8, 4) is 5.75 Å².